The number of alkyl halides is 3. The highest BCUT2D eigenvalue weighted by atomic mass is 80.0. The molecule has 0 aliphatic rings. The van der Waals surface area contributed by atoms with Crippen molar-refractivity contribution in [2.24, 2.45) is 0 Å². The van der Waals surface area contributed by atoms with Crippen LogP contribution < -0.4 is 16.8 Å². The Balaban J connectivity index is 0.000000422. The number of halogens is 4. The normalized spacial score (nSPS) is 13.8. The standard InChI is InChI=1S/C13H14F3S.BrO4/c1-12(2,3)11-8-9-6-4-5-7-10(9)17(11)13(14,15)16;2-1(3,4)5/h4-8H,1-3H3;/q+1;-1. The molecule has 1 unspecified atom stereocenters. The van der Waals surface area contributed by atoms with Crippen molar-refractivity contribution in [2.75, 3.05) is 0 Å². The molecule has 1 atom stereocenters. The first kappa shape index (κ1) is 19.3. The van der Waals surface area contributed by atoms with E-state index in [0.29, 0.717) is 15.0 Å². The van der Waals surface area contributed by atoms with Crippen LogP contribution >= 0.6 is 10.5 Å². The molecule has 0 bridgehead atoms. The average Bonchev–Trinajstić information content (AvgIpc) is 2.64. The van der Waals surface area contributed by atoms with Gasteiger partial charge in [0.2, 0.25) is 0 Å². The van der Waals surface area contributed by atoms with Crippen molar-refractivity contribution < 1.29 is 44.1 Å². The van der Waals surface area contributed by atoms with Crippen LogP contribution in [0.2, 0.25) is 0 Å². The van der Waals surface area contributed by atoms with Gasteiger partial charge in [-0.25, -0.2) is 0 Å². The molecule has 0 fully saturated rings. The SMILES string of the molecule is CC(C)(C)c1cc2ccccc2[s+]1C(F)(F)F.[O-][Br+3]([O-])([O-])[O-]. The van der Waals surface area contributed by atoms with Crippen molar-refractivity contribution in [2.45, 2.75) is 31.7 Å². The lowest BCUT2D eigenvalue weighted by Gasteiger charge is -2.13. The smallest absolute Gasteiger partial charge is 0.264 e. The van der Waals surface area contributed by atoms with Crippen molar-refractivity contribution in [3.8, 4) is 0 Å². The zero-order valence-corrected chi connectivity index (χ0v) is 14.3. The van der Waals surface area contributed by atoms with Gasteiger partial charge in [0.15, 0.2) is 9.58 Å². The first-order valence-corrected chi connectivity index (χ1v) is 9.77. The fourth-order valence-corrected chi connectivity index (χ4v) is 4.05. The minimum Gasteiger partial charge on any atom is -0.264 e. The van der Waals surface area contributed by atoms with Gasteiger partial charge in [-0.2, -0.15) is 0 Å². The Bertz CT molecular complexity index is 635. The minimum atomic E-state index is -5.62. The molecule has 0 spiro atoms. The molecule has 0 radical (unpaired) electrons. The molecule has 1 aromatic heterocycles. The van der Waals surface area contributed by atoms with Crippen LogP contribution in [0.3, 0.4) is 0 Å². The molecular weight excluding hydrogens is 389 g/mol. The van der Waals surface area contributed by atoms with Crippen LogP contribution in [0.25, 0.3) is 10.1 Å². The average molecular weight is 403 g/mol. The van der Waals surface area contributed by atoms with Gasteiger partial charge in [-0.1, -0.05) is 32.9 Å². The highest BCUT2D eigenvalue weighted by Gasteiger charge is 2.50. The Labute approximate surface area is 131 Å². The second-order valence-electron chi connectivity index (χ2n) is 5.43. The quantitative estimate of drug-likeness (QED) is 0.603. The molecule has 9 heteroatoms. The summed E-state index contributed by atoms with van der Waals surface area (Å²) in [6.07, 6.45) is 0. The van der Waals surface area contributed by atoms with Crippen molar-refractivity contribution in [3.05, 3.63) is 35.2 Å². The van der Waals surface area contributed by atoms with Gasteiger partial charge in [-0.15, -0.1) is 13.2 Å². The molecule has 124 valence electrons. The Kier molecular flexibility index (Phi) is 5.64. The van der Waals surface area contributed by atoms with Crippen molar-refractivity contribution >= 4 is 20.6 Å². The Morgan fingerprint density at radius 1 is 0.955 bits per heavy atom. The van der Waals surface area contributed by atoms with Gasteiger partial charge >= 0.3 is 5.51 Å². The molecule has 22 heavy (non-hydrogen) atoms. The van der Waals surface area contributed by atoms with E-state index in [-0.39, 0.29) is 0 Å². The predicted molar refractivity (Wildman–Crippen MR) is 66.4 cm³/mol. The number of hydrogen-bond acceptors (Lipinski definition) is 4. The van der Waals surface area contributed by atoms with Gasteiger partial charge in [-0.3, -0.25) is 16.8 Å². The van der Waals surface area contributed by atoms with Crippen LogP contribution in [0.4, 0.5) is 13.2 Å². The molecule has 0 aliphatic carbocycles. The van der Waals surface area contributed by atoms with Crippen molar-refractivity contribution in [1.29, 1.82) is 0 Å². The van der Waals surface area contributed by atoms with E-state index in [1.165, 1.54) is 0 Å². The molecule has 0 saturated carbocycles. The largest absolute Gasteiger partial charge is 0.600 e. The topological polar surface area (TPSA) is 92.2 Å². The summed E-state index contributed by atoms with van der Waals surface area (Å²) in [6, 6.07) is 8.48. The van der Waals surface area contributed by atoms with Gasteiger partial charge in [0.05, 0.1) is 24.6 Å². The third-order valence-corrected chi connectivity index (χ3v) is 5.06. The highest BCUT2D eigenvalue weighted by molar-refractivity contribution is 7.38. The van der Waals surface area contributed by atoms with Crippen molar-refractivity contribution in [1.82, 2.24) is 0 Å². The summed E-state index contributed by atoms with van der Waals surface area (Å²) in [5, 5.41) is 0.707. The second kappa shape index (κ2) is 6.42. The van der Waals surface area contributed by atoms with Gasteiger partial charge in [0.1, 0.15) is 0 Å². The van der Waals surface area contributed by atoms with Crippen LogP contribution in [-0.2, 0) is 10.9 Å². The molecule has 0 N–H and O–H groups in total. The lowest BCUT2D eigenvalue weighted by Crippen LogP contribution is -2.68. The van der Waals surface area contributed by atoms with Crippen LogP contribution in [-0.4, -0.2) is 0 Å². The lowest BCUT2D eigenvalue weighted by atomic mass is 9.94. The maximum atomic E-state index is 13.2. The predicted octanol–water partition coefficient (Wildman–Crippen LogP) is 0.607. The molecule has 0 aliphatic heterocycles. The maximum Gasteiger partial charge on any atom is 0.600 e. The zero-order valence-electron chi connectivity index (χ0n) is 11.9. The third kappa shape index (κ3) is 5.49. The summed E-state index contributed by atoms with van der Waals surface area (Å²) in [6.45, 7) is 5.49. The molecular formula is C13H14BrF3O4S. The van der Waals surface area contributed by atoms with E-state index in [4.69, 9.17) is 16.8 Å². The van der Waals surface area contributed by atoms with Crippen LogP contribution in [0, 0.1) is 14.1 Å². The van der Waals surface area contributed by atoms with Gasteiger partial charge in [0, 0.05) is 16.9 Å². The fourth-order valence-electron chi connectivity index (χ4n) is 1.88. The Hall–Kier alpha value is -0.710. The monoisotopic (exact) mass is 402 g/mol. The first-order chi connectivity index (χ1) is 9.71. The first-order valence-electron chi connectivity index (χ1n) is 5.95. The molecule has 2 aromatic rings. The van der Waals surface area contributed by atoms with E-state index in [9.17, 15) is 13.2 Å². The molecule has 0 amide bonds. The number of hydrogen-bond donors (Lipinski definition) is 0. The summed E-state index contributed by atoms with van der Waals surface area (Å²) in [4.78, 5) is 0.478. The summed E-state index contributed by atoms with van der Waals surface area (Å²) in [5.74, 6) is 0. The molecule has 4 nitrogen and oxygen atoms in total. The summed E-state index contributed by atoms with van der Waals surface area (Å²) in [7, 11) is -1.77. The summed E-state index contributed by atoms with van der Waals surface area (Å²) in [5.41, 5.74) is -4.65. The van der Waals surface area contributed by atoms with Crippen LogP contribution in [0.15, 0.2) is 30.3 Å². The van der Waals surface area contributed by atoms with E-state index in [2.05, 4.69) is 0 Å². The Morgan fingerprint density at radius 3 is 1.82 bits per heavy atom. The molecule has 0 saturated heterocycles. The van der Waals surface area contributed by atoms with Gasteiger partial charge < -0.3 is 0 Å². The summed E-state index contributed by atoms with van der Waals surface area (Å²) < 4.78 is 74.3. The maximum absolute atomic E-state index is 13.2. The molecule has 1 heterocycles. The van der Waals surface area contributed by atoms with Crippen LogP contribution in [0.5, 0.6) is 0 Å². The fraction of sp³-hybridized carbons (Fsp3) is 0.385. The van der Waals surface area contributed by atoms with E-state index < -0.39 is 35.5 Å². The van der Waals surface area contributed by atoms with Gasteiger partial charge in [0.25, 0.3) is 0 Å². The number of benzene rings is 1. The number of fused-ring (bicyclic) bond motifs is 1. The van der Waals surface area contributed by atoms with Crippen molar-refractivity contribution in [3.63, 3.8) is 0 Å². The number of rotatable bonds is 0. The Morgan fingerprint density at radius 2 is 1.41 bits per heavy atom. The molecule has 1 aromatic carbocycles. The minimum absolute atomic E-state index is 0.407. The van der Waals surface area contributed by atoms with E-state index in [0.717, 1.165) is 0 Å². The van der Waals surface area contributed by atoms with E-state index >= 15 is 0 Å². The van der Waals surface area contributed by atoms with E-state index in [1.54, 1.807) is 30.3 Å². The third-order valence-electron chi connectivity index (χ3n) is 2.62. The molecule has 2 rings (SSSR count). The number of thiophene rings is 1. The lowest BCUT2D eigenvalue weighted by molar-refractivity contribution is -2.00. The van der Waals surface area contributed by atoms with Gasteiger partial charge in [-0.05, 0) is 12.1 Å². The summed E-state index contributed by atoms with van der Waals surface area (Å²) >= 11 is -5.62. The second-order valence-corrected chi connectivity index (χ2v) is 8.97. The van der Waals surface area contributed by atoms with E-state index in [1.807, 2.05) is 20.8 Å². The van der Waals surface area contributed by atoms with Crippen LogP contribution in [0.1, 0.15) is 25.6 Å². The zero-order chi connectivity index (χ0) is 17.3. The highest BCUT2D eigenvalue weighted by Crippen LogP contribution is 2.53.